The molecule has 0 bridgehead atoms. The summed E-state index contributed by atoms with van der Waals surface area (Å²) in [4.78, 5) is 10.3. The molecule has 0 amide bonds. The van der Waals surface area contributed by atoms with E-state index in [1.807, 2.05) is 0 Å². The Morgan fingerprint density at radius 2 is 2.17 bits per heavy atom. The molecule has 1 aliphatic rings. The molecule has 0 aromatic carbocycles. The fourth-order valence-electron chi connectivity index (χ4n) is 1.40. The number of hydrogen-bond acceptors (Lipinski definition) is 1. The molecule has 68 valence electrons. The van der Waals surface area contributed by atoms with Gasteiger partial charge < -0.3 is 4.79 Å². The minimum Gasteiger partial charge on any atom is -0.303 e. The van der Waals surface area contributed by atoms with Crippen LogP contribution in [0.25, 0.3) is 0 Å². The second-order valence-corrected chi connectivity index (χ2v) is 3.62. The van der Waals surface area contributed by atoms with Crippen LogP contribution in [0.15, 0.2) is 12.2 Å². The predicted molar refractivity (Wildman–Crippen MR) is 50.9 cm³/mol. The first-order valence-electron chi connectivity index (χ1n) is 5.00. The number of carbonyl (C=O) groups excluding carboxylic acids is 1. The van der Waals surface area contributed by atoms with Gasteiger partial charge in [-0.2, -0.15) is 0 Å². The molecule has 1 rings (SSSR count). The minimum atomic E-state index is 0.354. The molecule has 0 spiro atoms. The Kier molecular flexibility index (Phi) is 4.06. The Morgan fingerprint density at radius 3 is 2.75 bits per heavy atom. The number of unbranched alkanes of at least 4 members (excludes halogenated alkanes) is 3. The molecule has 0 heterocycles. The predicted octanol–water partition coefficient (Wildman–Crippen LogP) is 2.96. The van der Waals surface area contributed by atoms with Crippen molar-refractivity contribution >= 4 is 6.29 Å². The third kappa shape index (κ3) is 3.21. The summed E-state index contributed by atoms with van der Waals surface area (Å²) in [5.74, 6) is 0.941. The van der Waals surface area contributed by atoms with Crippen LogP contribution < -0.4 is 0 Å². The van der Waals surface area contributed by atoms with Crippen LogP contribution in [0.4, 0.5) is 0 Å². The van der Waals surface area contributed by atoms with Crippen molar-refractivity contribution < 1.29 is 4.79 Å². The molecule has 1 fully saturated rings. The molecule has 1 aliphatic carbocycles. The Labute approximate surface area is 74.9 Å². The normalized spacial score (nSPS) is 27.8. The van der Waals surface area contributed by atoms with E-state index in [0.717, 1.165) is 12.7 Å². The number of carbonyl (C=O) groups is 1. The number of allylic oxidation sites excluding steroid dienone is 2. The van der Waals surface area contributed by atoms with E-state index < -0.39 is 0 Å². The van der Waals surface area contributed by atoms with Crippen molar-refractivity contribution in [2.45, 2.75) is 39.0 Å². The summed E-state index contributed by atoms with van der Waals surface area (Å²) in [5.41, 5.74) is 0. The molecule has 0 aromatic heterocycles. The van der Waals surface area contributed by atoms with Crippen molar-refractivity contribution in [1.82, 2.24) is 0 Å². The lowest BCUT2D eigenvalue weighted by atomic mass is 10.2. The van der Waals surface area contributed by atoms with Crippen LogP contribution in [0, 0.1) is 11.8 Å². The first-order valence-corrected chi connectivity index (χ1v) is 5.00. The van der Waals surface area contributed by atoms with Crippen LogP contribution in [-0.4, -0.2) is 6.29 Å². The lowest BCUT2D eigenvalue weighted by molar-refractivity contribution is -0.109. The Morgan fingerprint density at radius 1 is 1.33 bits per heavy atom. The average Bonchev–Trinajstić information content (AvgIpc) is 2.83. The summed E-state index contributed by atoms with van der Waals surface area (Å²) in [5, 5.41) is 0. The molecule has 0 aromatic rings. The monoisotopic (exact) mass is 166 g/mol. The highest BCUT2D eigenvalue weighted by Crippen LogP contribution is 2.37. The van der Waals surface area contributed by atoms with E-state index in [1.165, 1.54) is 25.7 Å². The van der Waals surface area contributed by atoms with E-state index in [4.69, 9.17) is 0 Å². The van der Waals surface area contributed by atoms with Crippen molar-refractivity contribution in [2.24, 2.45) is 11.8 Å². The van der Waals surface area contributed by atoms with Crippen LogP contribution in [0.5, 0.6) is 0 Å². The van der Waals surface area contributed by atoms with Gasteiger partial charge in [0.15, 0.2) is 0 Å². The van der Waals surface area contributed by atoms with Gasteiger partial charge in [0.05, 0.1) is 0 Å². The molecule has 12 heavy (non-hydrogen) atoms. The highest BCUT2D eigenvalue weighted by atomic mass is 16.1. The molecular weight excluding hydrogens is 148 g/mol. The lowest BCUT2D eigenvalue weighted by Crippen LogP contribution is -1.78. The number of aldehydes is 1. The SMILES string of the molecule is CCCCCC=CC1CC1C=O. The maximum atomic E-state index is 10.3. The van der Waals surface area contributed by atoms with Gasteiger partial charge in [-0.15, -0.1) is 0 Å². The molecule has 0 aliphatic heterocycles. The van der Waals surface area contributed by atoms with E-state index in [9.17, 15) is 4.79 Å². The quantitative estimate of drug-likeness (QED) is 0.337. The van der Waals surface area contributed by atoms with Crippen molar-refractivity contribution in [3.63, 3.8) is 0 Å². The van der Waals surface area contributed by atoms with Gasteiger partial charge in [-0.25, -0.2) is 0 Å². The number of rotatable bonds is 6. The van der Waals surface area contributed by atoms with E-state index in [0.29, 0.717) is 11.8 Å². The minimum absolute atomic E-state index is 0.354. The van der Waals surface area contributed by atoms with Gasteiger partial charge >= 0.3 is 0 Å². The van der Waals surface area contributed by atoms with Crippen molar-refractivity contribution in [2.75, 3.05) is 0 Å². The Bertz CT molecular complexity index is 160. The van der Waals surface area contributed by atoms with Crippen molar-refractivity contribution in [3.05, 3.63) is 12.2 Å². The molecule has 1 heteroatoms. The van der Waals surface area contributed by atoms with Gasteiger partial charge in [-0.1, -0.05) is 31.9 Å². The second-order valence-electron chi connectivity index (χ2n) is 3.62. The van der Waals surface area contributed by atoms with Crippen LogP contribution >= 0.6 is 0 Å². The molecular formula is C11H18O. The van der Waals surface area contributed by atoms with E-state index >= 15 is 0 Å². The molecule has 0 saturated heterocycles. The maximum absolute atomic E-state index is 10.3. The summed E-state index contributed by atoms with van der Waals surface area (Å²) in [7, 11) is 0. The van der Waals surface area contributed by atoms with E-state index in [2.05, 4.69) is 19.1 Å². The van der Waals surface area contributed by atoms with Crippen LogP contribution in [0.1, 0.15) is 39.0 Å². The first kappa shape index (κ1) is 9.50. The fourth-order valence-corrected chi connectivity index (χ4v) is 1.40. The summed E-state index contributed by atoms with van der Waals surface area (Å²) in [6.07, 6.45) is 11.7. The van der Waals surface area contributed by atoms with Gasteiger partial charge in [-0.05, 0) is 25.2 Å². The van der Waals surface area contributed by atoms with E-state index in [1.54, 1.807) is 0 Å². The third-order valence-electron chi connectivity index (χ3n) is 2.42. The summed E-state index contributed by atoms with van der Waals surface area (Å²) in [6, 6.07) is 0. The van der Waals surface area contributed by atoms with Gasteiger partial charge in [0.25, 0.3) is 0 Å². The standard InChI is InChI=1S/C11H18O/c1-2-3-4-5-6-7-10-8-11(10)9-12/h6-7,9-11H,2-5,8H2,1H3. The Balaban J connectivity index is 1.96. The zero-order valence-electron chi connectivity index (χ0n) is 7.83. The molecule has 1 saturated carbocycles. The van der Waals surface area contributed by atoms with Crippen LogP contribution in [-0.2, 0) is 4.79 Å². The molecule has 2 unspecified atom stereocenters. The fraction of sp³-hybridized carbons (Fsp3) is 0.727. The molecule has 0 radical (unpaired) electrons. The highest BCUT2D eigenvalue weighted by Gasteiger charge is 2.33. The molecule has 2 atom stereocenters. The summed E-state index contributed by atoms with van der Waals surface area (Å²) < 4.78 is 0. The van der Waals surface area contributed by atoms with Crippen molar-refractivity contribution in [3.8, 4) is 0 Å². The molecule has 0 N–H and O–H groups in total. The first-order chi connectivity index (χ1) is 5.88. The second kappa shape index (κ2) is 5.13. The van der Waals surface area contributed by atoms with Gasteiger partial charge in [-0.3, -0.25) is 0 Å². The summed E-state index contributed by atoms with van der Waals surface area (Å²) in [6.45, 7) is 2.22. The zero-order chi connectivity index (χ0) is 8.81. The topological polar surface area (TPSA) is 17.1 Å². The van der Waals surface area contributed by atoms with Gasteiger partial charge in [0, 0.05) is 5.92 Å². The highest BCUT2D eigenvalue weighted by molar-refractivity contribution is 5.59. The number of hydrogen-bond donors (Lipinski definition) is 0. The average molecular weight is 166 g/mol. The van der Waals surface area contributed by atoms with Gasteiger partial charge in [0.1, 0.15) is 6.29 Å². The largest absolute Gasteiger partial charge is 0.303 e. The maximum Gasteiger partial charge on any atom is 0.123 e. The van der Waals surface area contributed by atoms with Crippen LogP contribution in [0.2, 0.25) is 0 Å². The zero-order valence-corrected chi connectivity index (χ0v) is 7.83. The van der Waals surface area contributed by atoms with Gasteiger partial charge in [0.2, 0.25) is 0 Å². The molecule has 1 nitrogen and oxygen atoms in total. The van der Waals surface area contributed by atoms with Crippen molar-refractivity contribution in [1.29, 1.82) is 0 Å². The van der Waals surface area contributed by atoms with E-state index in [-0.39, 0.29) is 0 Å². The third-order valence-corrected chi connectivity index (χ3v) is 2.42. The summed E-state index contributed by atoms with van der Waals surface area (Å²) >= 11 is 0. The lowest BCUT2D eigenvalue weighted by Gasteiger charge is -1.90. The van der Waals surface area contributed by atoms with Crippen LogP contribution in [0.3, 0.4) is 0 Å². The Hall–Kier alpha value is -0.590. The smallest absolute Gasteiger partial charge is 0.123 e.